The molecule has 0 unspecified atom stereocenters. The standard InChI is InChI=1S/C22H24N2O4S/c1-27-21-11-9-20(10-12-21)23-13-15-24(16-14-23)29(25,26)17-4-3-6-19-7-5-8-22(18-19)28-2/h4-5,7-12,17-18H,13-16H2,1-2H3/b17-4+. The molecule has 6 nitrogen and oxygen atoms in total. The Morgan fingerprint density at radius 1 is 0.931 bits per heavy atom. The Kier molecular flexibility index (Phi) is 6.81. The first kappa shape index (κ1) is 20.8. The molecular weight excluding hydrogens is 388 g/mol. The number of anilines is 1. The van der Waals surface area contributed by atoms with E-state index in [0.29, 0.717) is 31.9 Å². The van der Waals surface area contributed by atoms with Crippen LogP contribution in [0.1, 0.15) is 5.56 Å². The zero-order valence-corrected chi connectivity index (χ0v) is 17.4. The number of ether oxygens (including phenoxy) is 2. The molecule has 3 rings (SSSR count). The summed E-state index contributed by atoms with van der Waals surface area (Å²) in [6.07, 6.45) is 1.38. The van der Waals surface area contributed by atoms with Crippen LogP contribution in [0.5, 0.6) is 11.5 Å². The monoisotopic (exact) mass is 412 g/mol. The summed E-state index contributed by atoms with van der Waals surface area (Å²) in [5, 5.41) is 1.17. The number of hydrogen-bond acceptors (Lipinski definition) is 5. The SMILES string of the molecule is COc1ccc(N2CCN(S(=O)(=O)/C=C/C#Cc3cccc(OC)c3)CC2)cc1. The highest BCUT2D eigenvalue weighted by Crippen LogP contribution is 2.21. The molecule has 0 amide bonds. The zero-order valence-electron chi connectivity index (χ0n) is 16.5. The van der Waals surface area contributed by atoms with Gasteiger partial charge in [-0.15, -0.1) is 0 Å². The van der Waals surface area contributed by atoms with Crippen LogP contribution < -0.4 is 14.4 Å². The van der Waals surface area contributed by atoms with Crippen LogP contribution in [0.25, 0.3) is 0 Å². The lowest BCUT2D eigenvalue weighted by Gasteiger charge is -2.34. The fraction of sp³-hybridized carbons (Fsp3) is 0.273. The van der Waals surface area contributed by atoms with E-state index in [4.69, 9.17) is 9.47 Å². The van der Waals surface area contributed by atoms with Gasteiger partial charge in [-0.3, -0.25) is 0 Å². The molecule has 2 aromatic carbocycles. The topological polar surface area (TPSA) is 59.1 Å². The molecule has 2 aromatic rings. The van der Waals surface area contributed by atoms with E-state index in [-0.39, 0.29) is 0 Å². The maximum absolute atomic E-state index is 12.5. The molecule has 1 aliphatic heterocycles. The molecule has 1 heterocycles. The van der Waals surface area contributed by atoms with E-state index < -0.39 is 10.0 Å². The quantitative estimate of drug-likeness (QED) is 0.707. The van der Waals surface area contributed by atoms with Crippen molar-refractivity contribution in [3.05, 3.63) is 65.6 Å². The Balaban J connectivity index is 1.58. The largest absolute Gasteiger partial charge is 0.497 e. The first-order valence-electron chi connectivity index (χ1n) is 9.23. The molecule has 1 fully saturated rings. The van der Waals surface area contributed by atoms with Crippen molar-refractivity contribution >= 4 is 15.7 Å². The molecule has 0 atom stereocenters. The van der Waals surface area contributed by atoms with Crippen molar-refractivity contribution in [1.82, 2.24) is 4.31 Å². The van der Waals surface area contributed by atoms with Gasteiger partial charge < -0.3 is 14.4 Å². The molecule has 7 heteroatoms. The molecule has 0 spiro atoms. The van der Waals surface area contributed by atoms with Crippen LogP contribution in [0.3, 0.4) is 0 Å². The van der Waals surface area contributed by atoms with Crippen LogP contribution in [0.15, 0.2) is 60.0 Å². The van der Waals surface area contributed by atoms with Crippen LogP contribution >= 0.6 is 0 Å². The van der Waals surface area contributed by atoms with Gasteiger partial charge in [0, 0.05) is 43.5 Å². The molecule has 0 aromatic heterocycles. The van der Waals surface area contributed by atoms with Crippen LogP contribution in [-0.4, -0.2) is 53.1 Å². The number of methoxy groups -OCH3 is 2. The summed E-state index contributed by atoms with van der Waals surface area (Å²) in [4.78, 5) is 2.16. The van der Waals surface area contributed by atoms with E-state index in [9.17, 15) is 8.42 Å². The van der Waals surface area contributed by atoms with Crippen molar-refractivity contribution in [2.45, 2.75) is 0 Å². The van der Waals surface area contributed by atoms with Gasteiger partial charge in [0.25, 0.3) is 0 Å². The summed E-state index contributed by atoms with van der Waals surface area (Å²) in [6.45, 7) is 2.13. The lowest BCUT2D eigenvalue weighted by atomic mass is 10.2. The lowest BCUT2D eigenvalue weighted by molar-refractivity contribution is 0.389. The average molecular weight is 413 g/mol. The number of allylic oxidation sites excluding steroid dienone is 1. The minimum atomic E-state index is -3.49. The smallest absolute Gasteiger partial charge is 0.236 e. The Labute approximate surface area is 172 Å². The highest BCUT2D eigenvalue weighted by molar-refractivity contribution is 7.92. The van der Waals surface area contributed by atoms with Gasteiger partial charge in [0.2, 0.25) is 10.0 Å². The second kappa shape index (κ2) is 9.50. The average Bonchev–Trinajstić information content (AvgIpc) is 2.77. The van der Waals surface area contributed by atoms with E-state index in [1.54, 1.807) is 20.3 Å². The second-order valence-corrected chi connectivity index (χ2v) is 8.25. The fourth-order valence-electron chi connectivity index (χ4n) is 3.03. The van der Waals surface area contributed by atoms with Crippen molar-refractivity contribution in [3.8, 4) is 23.3 Å². The summed E-state index contributed by atoms with van der Waals surface area (Å²) in [6, 6.07) is 15.1. The Morgan fingerprint density at radius 2 is 1.62 bits per heavy atom. The number of piperazine rings is 1. The molecule has 0 aliphatic carbocycles. The molecule has 0 bridgehead atoms. The van der Waals surface area contributed by atoms with Crippen molar-refractivity contribution < 1.29 is 17.9 Å². The van der Waals surface area contributed by atoms with Gasteiger partial charge in [0.05, 0.1) is 19.6 Å². The van der Waals surface area contributed by atoms with Gasteiger partial charge in [-0.25, -0.2) is 8.42 Å². The third-order valence-electron chi connectivity index (χ3n) is 4.65. The molecule has 29 heavy (non-hydrogen) atoms. The van der Waals surface area contributed by atoms with Crippen LogP contribution in [0, 0.1) is 11.8 Å². The van der Waals surface area contributed by atoms with Crippen LogP contribution in [0.4, 0.5) is 5.69 Å². The van der Waals surface area contributed by atoms with Gasteiger partial charge in [0.15, 0.2) is 0 Å². The van der Waals surface area contributed by atoms with E-state index in [0.717, 1.165) is 17.0 Å². The Bertz CT molecular complexity index is 1010. The van der Waals surface area contributed by atoms with E-state index in [1.807, 2.05) is 42.5 Å². The normalized spacial score (nSPS) is 15.0. The predicted octanol–water partition coefficient (Wildman–Crippen LogP) is 2.72. The highest BCUT2D eigenvalue weighted by atomic mass is 32.2. The van der Waals surface area contributed by atoms with E-state index in [1.165, 1.54) is 15.8 Å². The number of nitrogens with zero attached hydrogens (tertiary/aromatic N) is 2. The van der Waals surface area contributed by atoms with E-state index in [2.05, 4.69) is 16.7 Å². The zero-order chi connectivity index (χ0) is 20.7. The minimum absolute atomic E-state index is 0.433. The second-order valence-electron chi connectivity index (χ2n) is 6.43. The molecule has 0 N–H and O–H groups in total. The highest BCUT2D eigenvalue weighted by Gasteiger charge is 2.25. The maximum atomic E-state index is 12.5. The van der Waals surface area contributed by atoms with Crippen molar-refractivity contribution in [3.63, 3.8) is 0 Å². The van der Waals surface area contributed by atoms with Crippen molar-refractivity contribution in [1.29, 1.82) is 0 Å². The summed E-state index contributed by atoms with van der Waals surface area (Å²) < 4.78 is 36.9. The number of rotatable bonds is 5. The molecule has 1 aliphatic rings. The predicted molar refractivity (Wildman–Crippen MR) is 115 cm³/mol. The van der Waals surface area contributed by atoms with Crippen molar-refractivity contribution in [2.75, 3.05) is 45.3 Å². The summed E-state index contributed by atoms with van der Waals surface area (Å²) in [7, 11) is -0.265. The van der Waals surface area contributed by atoms with Crippen molar-refractivity contribution in [2.24, 2.45) is 0 Å². The molecular formula is C22H24N2O4S. The first-order valence-corrected chi connectivity index (χ1v) is 10.7. The third kappa shape index (κ3) is 5.53. The maximum Gasteiger partial charge on any atom is 0.236 e. The molecule has 1 saturated heterocycles. The first-order chi connectivity index (χ1) is 14.0. The van der Waals surface area contributed by atoms with Gasteiger partial charge in [0.1, 0.15) is 11.5 Å². The Hall–Kier alpha value is -2.95. The molecule has 0 saturated carbocycles. The molecule has 0 radical (unpaired) electrons. The number of hydrogen-bond donors (Lipinski definition) is 0. The lowest BCUT2D eigenvalue weighted by Crippen LogP contribution is -2.48. The van der Waals surface area contributed by atoms with Gasteiger partial charge in [-0.05, 0) is 42.5 Å². The number of benzene rings is 2. The van der Waals surface area contributed by atoms with Crippen LogP contribution in [-0.2, 0) is 10.0 Å². The van der Waals surface area contributed by atoms with Crippen LogP contribution in [0.2, 0.25) is 0 Å². The summed E-state index contributed by atoms with van der Waals surface area (Å²) in [5.41, 5.74) is 1.82. The van der Waals surface area contributed by atoms with Gasteiger partial charge in [-0.1, -0.05) is 17.9 Å². The summed E-state index contributed by atoms with van der Waals surface area (Å²) >= 11 is 0. The molecule has 152 valence electrons. The Morgan fingerprint density at radius 3 is 2.28 bits per heavy atom. The number of sulfonamides is 1. The van der Waals surface area contributed by atoms with Gasteiger partial charge >= 0.3 is 0 Å². The summed E-state index contributed by atoms with van der Waals surface area (Å²) in [5.74, 6) is 7.21. The third-order valence-corrected chi connectivity index (χ3v) is 6.21. The minimum Gasteiger partial charge on any atom is -0.497 e. The van der Waals surface area contributed by atoms with E-state index >= 15 is 0 Å². The fourth-order valence-corrected chi connectivity index (χ4v) is 4.11. The van der Waals surface area contributed by atoms with Gasteiger partial charge in [-0.2, -0.15) is 4.31 Å².